The average Bonchev–Trinajstić information content (AvgIpc) is 3.15. The lowest BCUT2D eigenvalue weighted by Gasteiger charge is -2.18. The number of carbonyl (C=O) groups is 2. The summed E-state index contributed by atoms with van der Waals surface area (Å²) in [6.45, 7) is 4.74. The molecule has 3 heterocycles. The van der Waals surface area contributed by atoms with Gasteiger partial charge in [-0.25, -0.2) is 4.79 Å². The van der Waals surface area contributed by atoms with Crippen molar-refractivity contribution < 1.29 is 14.3 Å². The second-order valence-electron chi connectivity index (χ2n) is 8.59. The second kappa shape index (κ2) is 7.63. The molecule has 156 valence electrons. The highest BCUT2D eigenvalue weighted by atomic mass is 16.5. The Morgan fingerprint density at radius 2 is 1.87 bits per heavy atom. The number of anilines is 1. The fourth-order valence-electron chi connectivity index (χ4n) is 4.30. The van der Waals surface area contributed by atoms with Crippen molar-refractivity contribution in [2.45, 2.75) is 39.0 Å². The van der Waals surface area contributed by atoms with Crippen molar-refractivity contribution in [3.05, 3.63) is 53.9 Å². The maximum atomic E-state index is 12.6. The first kappa shape index (κ1) is 18.9. The number of carbonyl (C=O) groups excluding carboxylic acids is 2. The Bertz CT molecular complexity index is 936. The predicted molar refractivity (Wildman–Crippen MR) is 112 cm³/mol. The number of nitrogens with zero attached hydrogens (tertiary/aromatic N) is 3. The quantitative estimate of drug-likeness (QED) is 0.846. The van der Waals surface area contributed by atoms with Gasteiger partial charge >= 0.3 is 6.03 Å². The topological polar surface area (TPSA) is 74.8 Å². The minimum Gasteiger partial charge on any atom is -0.489 e. The molecule has 1 N–H and O–H groups in total. The van der Waals surface area contributed by atoms with Gasteiger partial charge in [0.05, 0.1) is 6.54 Å². The molecule has 30 heavy (non-hydrogen) atoms. The summed E-state index contributed by atoms with van der Waals surface area (Å²) in [5.74, 6) is 1.80. The lowest BCUT2D eigenvalue weighted by atomic mass is 10.2. The molecule has 1 aromatic carbocycles. The van der Waals surface area contributed by atoms with E-state index in [4.69, 9.17) is 4.74 Å². The van der Waals surface area contributed by atoms with E-state index in [0.717, 1.165) is 42.0 Å². The van der Waals surface area contributed by atoms with Gasteiger partial charge in [0, 0.05) is 50.1 Å². The molecule has 0 bridgehead atoms. The highest BCUT2D eigenvalue weighted by Gasteiger charge is 2.43. The molecule has 1 aromatic heterocycles. The van der Waals surface area contributed by atoms with Crippen LogP contribution < -0.4 is 10.1 Å². The Morgan fingerprint density at radius 3 is 2.60 bits per heavy atom. The third-order valence-electron chi connectivity index (χ3n) is 6.31. The monoisotopic (exact) mass is 406 g/mol. The minimum absolute atomic E-state index is 0.0279. The molecule has 3 unspecified atom stereocenters. The van der Waals surface area contributed by atoms with E-state index in [-0.39, 0.29) is 24.0 Å². The molecule has 5 rings (SSSR count). The van der Waals surface area contributed by atoms with Crippen molar-refractivity contribution in [1.29, 1.82) is 0 Å². The highest BCUT2D eigenvalue weighted by molar-refractivity contribution is 5.89. The van der Waals surface area contributed by atoms with Crippen molar-refractivity contribution in [2.75, 3.05) is 18.4 Å². The number of nitrogens with one attached hydrogen (secondary N) is 1. The van der Waals surface area contributed by atoms with Crippen molar-refractivity contribution in [2.24, 2.45) is 11.8 Å². The summed E-state index contributed by atoms with van der Waals surface area (Å²) in [6, 6.07) is 9.26. The number of hydrogen-bond acceptors (Lipinski definition) is 4. The number of likely N-dealkylation sites (tertiary alicyclic amines) is 1. The maximum Gasteiger partial charge on any atom is 0.322 e. The normalized spacial score (nSPS) is 24.5. The predicted octanol–water partition coefficient (Wildman–Crippen LogP) is 3.27. The summed E-state index contributed by atoms with van der Waals surface area (Å²) in [4.78, 5) is 32.8. The zero-order valence-electron chi connectivity index (χ0n) is 17.1. The van der Waals surface area contributed by atoms with Gasteiger partial charge in [-0.15, -0.1) is 0 Å². The van der Waals surface area contributed by atoms with E-state index >= 15 is 0 Å². The Balaban J connectivity index is 1.12. The number of aromatic nitrogens is 1. The lowest BCUT2D eigenvalue weighted by molar-refractivity contribution is -0.132. The number of pyridine rings is 1. The van der Waals surface area contributed by atoms with Gasteiger partial charge in [0.2, 0.25) is 5.91 Å². The van der Waals surface area contributed by atoms with Gasteiger partial charge in [-0.3, -0.25) is 9.78 Å². The molecule has 2 aliphatic heterocycles. The molecular formula is C23H26N4O3. The molecule has 3 amide bonds. The zero-order chi connectivity index (χ0) is 20.7. The van der Waals surface area contributed by atoms with Crippen LogP contribution in [0.25, 0.3) is 0 Å². The SMILES string of the molecule is CC1CC1C(=O)N1CCC(Oc2ccc(NC(=O)N3Cc4ccncc4C3)cc2)C1. The first-order chi connectivity index (χ1) is 14.6. The van der Waals surface area contributed by atoms with Crippen LogP contribution in [0.15, 0.2) is 42.7 Å². The van der Waals surface area contributed by atoms with Crippen LogP contribution in [-0.4, -0.2) is 45.9 Å². The fourth-order valence-corrected chi connectivity index (χ4v) is 4.30. The molecule has 1 saturated heterocycles. The van der Waals surface area contributed by atoms with Crippen LogP contribution in [0.2, 0.25) is 0 Å². The van der Waals surface area contributed by atoms with E-state index in [2.05, 4.69) is 17.2 Å². The van der Waals surface area contributed by atoms with Crippen molar-refractivity contribution >= 4 is 17.6 Å². The maximum absolute atomic E-state index is 12.6. The average molecular weight is 406 g/mol. The number of benzene rings is 1. The number of fused-ring (bicyclic) bond motifs is 1. The summed E-state index contributed by atoms with van der Waals surface area (Å²) < 4.78 is 6.06. The standard InChI is InChI=1S/C23H26N4O3/c1-15-10-21(15)22(28)26-9-7-20(14-26)30-19-4-2-18(3-5-19)25-23(29)27-12-16-6-8-24-11-17(16)13-27/h2-6,8,11,15,20-21H,7,9-10,12-14H2,1H3,(H,25,29). The number of ether oxygens (including phenoxy) is 1. The van der Waals surface area contributed by atoms with Gasteiger partial charge < -0.3 is 19.9 Å². The van der Waals surface area contributed by atoms with Crippen LogP contribution in [0.4, 0.5) is 10.5 Å². The molecule has 7 heteroatoms. The molecule has 1 saturated carbocycles. The van der Waals surface area contributed by atoms with Crippen LogP contribution in [-0.2, 0) is 17.9 Å². The summed E-state index contributed by atoms with van der Waals surface area (Å²) in [5.41, 5.74) is 2.97. The first-order valence-corrected chi connectivity index (χ1v) is 10.6. The third kappa shape index (κ3) is 3.84. The number of rotatable bonds is 4. The fraction of sp³-hybridized carbons (Fsp3) is 0.435. The number of amides is 3. The highest BCUT2D eigenvalue weighted by Crippen LogP contribution is 2.39. The van der Waals surface area contributed by atoms with Gasteiger partial charge in [-0.1, -0.05) is 6.92 Å². The summed E-state index contributed by atoms with van der Waals surface area (Å²) >= 11 is 0. The minimum atomic E-state index is -0.126. The molecule has 3 atom stereocenters. The van der Waals surface area contributed by atoms with Crippen LogP contribution in [0.3, 0.4) is 0 Å². The Morgan fingerprint density at radius 1 is 1.10 bits per heavy atom. The Kier molecular flexibility index (Phi) is 4.81. The van der Waals surface area contributed by atoms with Crippen molar-refractivity contribution in [3.63, 3.8) is 0 Å². The molecular weight excluding hydrogens is 380 g/mol. The largest absolute Gasteiger partial charge is 0.489 e. The molecule has 0 spiro atoms. The van der Waals surface area contributed by atoms with Crippen LogP contribution in [0, 0.1) is 11.8 Å². The van der Waals surface area contributed by atoms with Crippen LogP contribution >= 0.6 is 0 Å². The second-order valence-corrected chi connectivity index (χ2v) is 8.59. The van der Waals surface area contributed by atoms with Gasteiger partial charge in [-0.05, 0) is 53.8 Å². The zero-order valence-corrected chi connectivity index (χ0v) is 17.1. The molecule has 7 nitrogen and oxygen atoms in total. The van der Waals surface area contributed by atoms with Crippen LogP contribution in [0.5, 0.6) is 5.75 Å². The smallest absolute Gasteiger partial charge is 0.322 e. The van der Waals surface area contributed by atoms with Crippen molar-refractivity contribution in [3.8, 4) is 5.75 Å². The van der Waals surface area contributed by atoms with Gasteiger partial charge in [0.25, 0.3) is 0 Å². The van der Waals surface area contributed by atoms with E-state index in [1.165, 1.54) is 0 Å². The third-order valence-corrected chi connectivity index (χ3v) is 6.31. The van der Waals surface area contributed by atoms with Gasteiger partial charge in [0.1, 0.15) is 11.9 Å². The molecule has 1 aliphatic carbocycles. The molecule has 3 aliphatic rings. The lowest BCUT2D eigenvalue weighted by Crippen LogP contribution is -2.32. The number of hydrogen-bond donors (Lipinski definition) is 1. The molecule has 2 aromatic rings. The van der Waals surface area contributed by atoms with E-state index < -0.39 is 0 Å². The van der Waals surface area contributed by atoms with E-state index in [9.17, 15) is 9.59 Å². The molecule has 2 fully saturated rings. The summed E-state index contributed by atoms with van der Waals surface area (Å²) in [5, 5.41) is 2.94. The Labute approximate surface area is 176 Å². The van der Waals surface area contributed by atoms with Crippen molar-refractivity contribution in [1.82, 2.24) is 14.8 Å². The Hall–Kier alpha value is -3.09. The molecule has 0 radical (unpaired) electrons. The van der Waals surface area contributed by atoms with E-state index in [1.807, 2.05) is 41.4 Å². The van der Waals surface area contributed by atoms with E-state index in [0.29, 0.717) is 25.6 Å². The number of urea groups is 1. The summed E-state index contributed by atoms with van der Waals surface area (Å²) in [6.07, 6.45) is 5.48. The van der Waals surface area contributed by atoms with Crippen LogP contribution in [0.1, 0.15) is 30.9 Å². The van der Waals surface area contributed by atoms with E-state index in [1.54, 1.807) is 11.1 Å². The first-order valence-electron chi connectivity index (χ1n) is 10.6. The summed E-state index contributed by atoms with van der Waals surface area (Å²) in [7, 11) is 0. The van der Waals surface area contributed by atoms with Gasteiger partial charge in [-0.2, -0.15) is 0 Å². The van der Waals surface area contributed by atoms with Gasteiger partial charge in [0.15, 0.2) is 0 Å².